The van der Waals surface area contributed by atoms with Gasteiger partial charge in [0, 0.05) is 6.04 Å². The fraction of sp³-hybridized carbons (Fsp3) is 0.529. The Hall–Kier alpha value is -1.72. The first kappa shape index (κ1) is 15.2. The SMILES string of the molecule is Cc1ccc(C2CCCC2N(C)Cc2noc(CN)n2)cc1. The summed E-state index contributed by atoms with van der Waals surface area (Å²) >= 11 is 0. The third-order valence-corrected chi connectivity index (χ3v) is 4.63. The Bertz CT molecular complexity index is 607. The van der Waals surface area contributed by atoms with Gasteiger partial charge in [-0.05, 0) is 38.3 Å². The van der Waals surface area contributed by atoms with Crippen molar-refractivity contribution in [1.82, 2.24) is 15.0 Å². The van der Waals surface area contributed by atoms with E-state index in [-0.39, 0.29) is 0 Å². The van der Waals surface area contributed by atoms with Gasteiger partial charge in [0.15, 0.2) is 5.82 Å². The van der Waals surface area contributed by atoms with Gasteiger partial charge in [-0.1, -0.05) is 41.4 Å². The third-order valence-electron chi connectivity index (χ3n) is 4.63. The molecule has 22 heavy (non-hydrogen) atoms. The minimum Gasteiger partial charge on any atom is -0.338 e. The van der Waals surface area contributed by atoms with Gasteiger partial charge in [0.25, 0.3) is 0 Å². The molecular weight excluding hydrogens is 276 g/mol. The molecule has 0 radical (unpaired) electrons. The van der Waals surface area contributed by atoms with Crippen LogP contribution in [-0.2, 0) is 13.1 Å². The van der Waals surface area contributed by atoms with E-state index < -0.39 is 0 Å². The van der Waals surface area contributed by atoms with E-state index in [0.717, 1.165) is 5.82 Å². The average molecular weight is 300 g/mol. The van der Waals surface area contributed by atoms with Crippen molar-refractivity contribution in [3.8, 4) is 0 Å². The van der Waals surface area contributed by atoms with E-state index in [9.17, 15) is 0 Å². The van der Waals surface area contributed by atoms with Crippen molar-refractivity contribution in [2.24, 2.45) is 5.73 Å². The zero-order chi connectivity index (χ0) is 15.5. The Kier molecular flexibility index (Phi) is 4.55. The van der Waals surface area contributed by atoms with Gasteiger partial charge < -0.3 is 10.3 Å². The zero-order valence-electron chi connectivity index (χ0n) is 13.3. The monoisotopic (exact) mass is 300 g/mol. The zero-order valence-corrected chi connectivity index (χ0v) is 13.3. The van der Waals surface area contributed by atoms with E-state index in [2.05, 4.69) is 53.3 Å². The molecule has 2 N–H and O–H groups in total. The number of aryl methyl sites for hydroxylation is 1. The van der Waals surface area contributed by atoms with Gasteiger partial charge in [-0.3, -0.25) is 4.90 Å². The lowest BCUT2D eigenvalue weighted by Gasteiger charge is -2.29. The third kappa shape index (κ3) is 3.20. The Morgan fingerprint density at radius 3 is 2.73 bits per heavy atom. The molecule has 3 rings (SSSR count). The summed E-state index contributed by atoms with van der Waals surface area (Å²) in [4.78, 5) is 6.65. The number of benzene rings is 1. The van der Waals surface area contributed by atoms with E-state index >= 15 is 0 Å². The minimum atomic E-state index is 0.298. The fourth-order valence-corrected chi connectivity index (χ4v) is 3.45. The Morgan fingerprint density at radius 1 is 1.27 bits per heavy atom. The average Bonchev–Trinajstić information content (AvgIpc) is 3.16. The van der Waals surface area contributed by atoms with Crippen LogP contribution in [0.15, 0.2) is 28.8 Å². The van der Waals surface area contributed by atoms with Crippen LogP contribution in [0.4, 0.5) is 0 Å². The Labute approximate surface area is 131 Å². The molecule has 1 saturated carbocycles. The maximum atomic E-state index is 5.52. The number of hydrogen-bond donors (Lipinski definition) is 1. The molecule has 1 aliphatic rings. The van der Waals surface area contributed by atoms with Crippen molar-refractivity contribution >= 4 is 0 Å². The number of aromatic nitrogens is 2. The van der Waals surface area contributed by atoms with Crippen LogP contribution < -0.4 is 5.73 Å². The lowest BCUT2D eigenvalue weighted by molar-refractivity contribution is 0.211. The van der Waals surface area contributed by atoms with Crippen LogP contribution in [0.25, 0.3) is 0 Å². The molecular formula is C17H24N4O. The lowest BCUT2D eigenvalue weighted by atomic mass is 9.92. The first-order chi connectivity index (χ1) is 10.7. The van der Waals surface area contributed by atoms with Crippen LogP contribution in [-0.4, -0.2) is 28.1 Å². The summed E-state index contributed by atoms with van der Waals surface area (Å²) in [5, 5.41) is 4.00. The summed E-state index contributed by atoms with van der Waals surface area (Å²) in [5.74, 6) is 1.81. The topological polar surface area (TPSA) is 68.2 Å². The summed E-state index contributed by atoms with van der Waals surface area (Å²) in [6.45, 7) is 3.13. The van der Waals surface area contributed by atoms with Gasteiger partial charge in [-0.2, -0.15) is 4.98 Å². The van der Waals surface area contributed by atoms with Crippen LogP contribution in [0.5, 0.6) is 0 Å². The number of nitrogens with two attached hydrogens (primary N) is 1. The second-order valence-corrected chi connectivity index (χ2v) is 6.24. The standard InChI is InChI=1S/C17H24N4O/c1-12-6-8-13(9-7-12)14-4-3-5-15(14)21(2)11-16-19-17(10-18)22-20-16/h6-9,14-15H,3-5,10-11,18H2,1-2H3. The normalized spacial score (nSPS) is 21.6. The van der Waals surface area contributed by atoms with Crippen molar-refractivity contribution in [1.29, 1.82) is 0 Å². The van der Waals surface area contributed by atoms with Gasteiger partial charge in [0.1, 0.15) is 0 Å². The summed E-state index contributed by atoms with van der Waals surface area (Å²) in [5.41, 5.74) is 8.27. The molecule has 1 heterocycles. The van der Waals surface area contributed by atoms with Gasteiger partial charge in [-0.25, -0.2) is 0 Å². The highest BCUT2D eigenvalue weighted by Gasteiger charge is 2.32. The lowest BCUT2D eigenvalue weighted by Crippen LogP contribution is -2.33. The molecule has 0 spiro atoms. The molecule has 1 aliphatic carbocycles. The summed E-state index contributed by atoms with van der Waals surface area (Å²) in [7, 11) is 2.15. The van der Waals surface area contributed by atoms with Crippen molar-refractivity contribution in [3.05, 3.63) is 47.1 Å². The number of rotatable bonds is 5. The van der Waals surface area contributed by atoms with Crippen LogP contribution in [0.2, 0.25) is 0 Å². The minimum absolute atomic E-state index is 0.298. The van der Waals surface area contributed by atoms with Crippen molar-refractivity contribution in [2.45, 2.75) is 51.2 Å². The van der Waals surface area contributed by atoms with Crippen molar-refractivity contribution in [2.75, 3.05) is 7.05 Å². The molecule has 2 unspecified atom stereocenters. The van der Waals surface area contributed by atoms with E-state index in [1.54, 1.807) is 0 Å². The Morgan fingerprint density at radius 2 is 2.05 bits per heavy atom. The summed E-state index contributed by atoms with van der Waals surface area (Å²) in [6, 6.07) is 9.48. The summed E-state index contributed by atoms with van der Waals surface area (Å²) in [6.07, 6.45) is 3.74. The number of nitrogens with zero attached hydrogens (tertiary/aromatic N) is 3. The first-order valence-corrected chi connectivity index (χ1v) is 7.95. The first-order valence-electron chi connectivity index (χ1n) is 7.95. The molecule has 2 atom stereocenters. The molecule has 118 valence electrons. The fourth-order valence-electron chi connectivity index (χ4n) is 3.45. The maximum Gasteiger partial charge on any atom is 0.240 e. The van der Waals surface area contributed by atoms with Gasteiger partial charge in [0.2, 0.25) is 5.89 Å². The van der Waals surface area contributed by atoms with E-state index in [1.165, 1.54) is 30.4 Å². The maximum absolute atomic E-state index is 5.52. The molecule has 1 aromatic heterocycles. The summed E-state index contributed by atoms with van der Waals surface area (Å²) < 4.78 is 5.09. The second-order valence-electron chi connectivity index (χ2n) is 6.24. The number of likely N-dealkylation sites (N-methyl/N-ethyl adjacent to an activating group) is 1. The number of hydrogen-bond acceptors (Lipinski definition) is 5. The quantitative estimate of drug-likeness (QED) is 0.919. The van der Waals surface area contributed by atoms with Crippen LogP contribution in [0.1, 0.15) is 48.0 Å². The van der Waals surface area contributed by atoms with Crippen molar-refractivity contribution in [3.63, 3.8) is 0 Å². The molecule has 5 heteroatoms. The highest BCUT2D eigenvalue weighted by molar-refractivity contribution is 5.26. The molecule has 0 aliphatic heterocycles. The van der Waals surface area contributed by atoms with Crippen LogP contribution in [0.3, 0.4) is 0 Å². The molecule has 1 fully saturated rings. The molecule has 0 amide bonds. The highest BCUT2D eigenvalue weighted by atomic mass is 16.5. The predicted molar refractivity (Wildman–Crippen MR) is 85.2 cm³/mol. The van der Waals surface area contributed by atoms with Gasteiger partial charge in [0.05, 0.1) is 13.1 Å². The predicted octanol–water partition coefficient (Wildman–Crippen LogP) is 2.60. The van der Waals surface area contributed by atoms with Gasteiger partial charge in [-0.15, -0.1) is 0 Å². The van der Waals surface area contributed by atoms with Gasteiger partial charge >= 0.3 is 0 Å². The Balaban J connectivity index is 1.70. The molecule has 5 nitrogen and oxygen atoms in total. The molecule has 0 saturated heterocycles. The molecule has 2 aromatic rings. The molecule has 1 aromatic carbocycles. The van der Waals surface area contributed by atoms with E-state index in [0.29, 0.717) is 30.9 Å². The smallest absolute Gasteiger partial charge is 0.240 e. The largest absolute Gasteiger partial charge is 0.338 e. The molecule has 0 bridgehead atoms. The second kappa shape index (κ2) is 6.58. The van der Waals surface area contributed by atoms with E-state index in [4.69, 9.17) is 10.3 Å². The van der Waals surface area contributed by atoms with E-state index in [1.807, 2.05) is 0 Å². The van der Waals surface area contributed by atoms with Crippen LogP contribution in [0, 0.1) is 6.92 Å². The van der Waals surface area contributed by atoms with Crippen molar-refractivity contribution < 1.29 is 4.52 Å². The highest BCUT2D eigenvalue weighted by Crippen LogP contribution is 2.37. The van der Waals surface area contributed by atoms with Crippen LogP contribution >= 0.6 is 0 Å².